The minimum Gasteiger partial charge on any atom is -0.392 e. The summed E-state index contributed by atoms with van der Waals surface area (Å²) in [7, 11) is 2.12. The van der Waals surface area contributed by atoms with Crippen molar-refractivity contribution in [3.8, 4) is 0 Å². The SMILES string of the molecule is CC(C1CC1)N(C)c1ccc(Br)cc1CO. The molecule has 16 heavy (non-hydrogen) atoms. The zero-order valence-electron chi connectivity index (χ0n) is 9.78. The average molecular weight is 284 g/mol. The molecule has 1 atom stereocenters. The molecule has 0 saturated heterocycles. The number of nitrogens with zero attached hydrogens (tertiary/aromatic N) is 1. The van der Waals surface area contributed by atoms with Crippen molar-refractivity contribution in [3.63, 3.8) is 0 Å². The third-order valence-corrected chi connectivity index (χ3v) is 4.00. The first-order valence-electron chi connectivity index (χ1n) is 5.75. The summed E-state index contributed by atoms with van der Waals surface area (Å²) in [6, 6.07) is 6.66. The summed E-state index contributed by atoms with van der Waals surface area (Å²) >= 11 is 3.43. The fourth-order valence-corrected chi connectivity index (χ4v) is 2.55. The summed E-state index contributed by atoms with van der Waals surface area (Å²) in [5.41, 5.74) is 2.13. The van der Waals surface area contributed by atoms with Crippen LogP contribution in [-0.4, -0.2) is 18.2 Å². The van der Waals surface area contributed by atoms with Crippen LogP contribution < -0.4 is 4.90 Å². The lowest BCUT2D eigenvalue weighted by molar-refractivity contribution is 0.282. The molecule has 88 valence electrons. The monoisotopic (exact) mass is 283 g/mol. The van der Waals surface area contributed by atoms with Crippen molar-refractivity contribution in [1.29, 1.82) is 0 Å². The van der Waals surface area contributed by atoms with Crippen LogP contribution in [-0.2, 0) is 6.61 Å². The molecule has 1 aliphatic rings. The van der Waals surface area contributed by atoms with Gasteiger partial charge in [0.05, 0.1) is 6.61 Å². The molecule has 3 heteroatoms. The number of rotatable bonds is 4. The number of halogens is 1. The number of aliphatic hydroxyl groups excluding tert-OH is 1. The molecule has 1 fully saturated rings. The zero-order valence-corrected chi connectivity index (χ0v) is 11.4. The van der Waals surface area contributed by atoms with Crippen LogP contribution in [0.4, 0.5) is 5.69 Å². The van der Waals surface area contributed by atoms with Crippen LogP contribution in [0.2, 0.25) is 0 Å². The molecule has 0 amide bonds. The molecule has 1 aromatic carbocycles. The minimum atomic E-state index is 0.0938. The standard InChI is InChI=1S/C13H18BrNO/c1-9(10-3-4-10)15(2)13-6-5-12(14)7-11(13)8-16/h5-7,9-10,16H,3-4,8H2,1-2H3. The average Bonchev–Trinajstić information content (AvgIpc) is 3.10. The maximum absolute atomic E-state index is 9.38. The number of aliphatic hydroxyl groups is 1. The van der Waals surface area contributed by atoms with Crippen molar-refractivity contribution in [2.24, 2.45) is 5.92 Å². The number of benzene rings is 1. The normalized spacial score (nSPS) is 17.2. The van der Waals surface area contributed by atoms with Crippen LogP contribution in [0.1, 0.15) is 25.3 Å². The number of hydrogen-bond donors (Lipinski definition) is 1. The van der Waals surface area contributed by atoms with E-state index in [0.29, 0.717) is 6.04 Å². The smallest absolute Gasteiger partial charge is 0.0702 e. The van der Waals surface area contributed by atoms with Gasteiger partial charge in [0.1, 0.15) is 0 Å². The van der Waals surface area contributed by atoms with E-state index in [1.807, 2.05) is 12.1 Å². The summed E-state index contributed by atoms with van der Waals surface area (Å²) in [5.74, 6) is 0.834. The van der Waals surface area contributed by atoms with Gasteiger partial charge >= 0.3 is 0 Å². The molecule has 0 aliphatic heterocycles. The van der Waals surface area contributed by atoms with Crippen molar-refractivity contribution >= 4 is 21.6 Å². The Balaban J connectivity index is 2.23. The third-order valence-electron chi connectivity index (χ3n) is 3.51. The van der Waals surface area contributed by atoms with Gasteiger partial charge in [0.25, 0.3) is 0 Å². The van der Waals surface area contributed by atoms with E-state index in [0.717, 1.165) is 21.6 Å². The van der Waals surface area contributed by atoms with E-state index < -0.39 is 0 Å². The van der Waals surface area contributed by atoms with Crippen LogP contribution in [0.3, 0.4) is 0 Å². The number of hydrogen-bond acceptors (Lipinski definition) is 2. The van der Waals surface area contributed by atoms with Crippen LogP contribution in [0, 0.1) is 5.92 Å². The second-order valence-corrected chi connectivity index (χ2v) is 5.54. The van der Waals surface area contributed by atoms with Gasteiger partial charge in [-0.3, -0.25) is 0 Å². The van der Waals surface area contributed by atoms with Gasteiger partial charge in [0.15, 0.2) is 0 Å². The maximum Gasteiger partial charge on any atom is 0.0702 e. The largest absolute Gasteiger partial charge is 0.392 e. The fourth-order valence-electron chi connectivity index (χ4n) is 2.14. The van der Waals surface area contributed by atoms with E-state index in [4.69, 9.17) is 0 Å². The molecule has 1 unspecified atom stereocenters. The van der Waals surface area contributed by atoms with Crippen molar-refractivity contribution in [2.75, 3.05) is 11.9 Å². The Morgan fingerprint density at radius 3 is 2.75 bits per heavy atom. The van der Waals surface area contributed by atoms with Crippen LogP contribution in [0.15, 0.2) is 22.7 Å². The lowest BCUT2D eigenvalue weighted by atomic mass is 10.1. The van der Waals surface area contributed by atoms with E-state index in [1.54, 1.807) is 0 Å². The Labute approximate surface area is 105 Å². The molecule has 0 aromatic heterocycles. The third kappa shape index (κ3) is 2.41. The van der Waals surface area contributed by atoms with E-state index in [9.17, 15) is 5.11 Å². The number of anilines is 1. The van der Waals surface area contributed by atoms with Gasteiger partial charge in [0.2, 0.25) is 0 Å². The molecule has 1 saturated carbocycles. The molecule has 1 aliphatic carbocycles. The van der Waals surface area contributed by atoms with Crippen molar-refractivity contribution in [1.82, 2.24) is 0 Å². The summed E-state index contributed by atoms with van der Waals surface area (Å²) in [6.45, 7) is 2.36. The highest BCUT2D eigenvalue weighted by molar-refractivity contribution is 9.10. The predicted molar refractivity (Wildman–Crippen MR) is 70.7 cm³/mol. The van der Waals surface area contributed by atoms with E-state index in [-0.39, 0.29) is 6.61 Å². The van der Waals surface area contributed by atoms with E-state index >= 15 is 0 Å². The van der Waals surface area contributed by atoms with Gasteiger partial charge < -0.3 is 10.0 Å². The summed E-state index contributed by atoms with van der Waals surface area (Å²) in [6.07, 6.45) is 2.69. The van der Waals surface area contributed by atoms with Crippen LogP contribution >= 0.6 is 15.9 Å². The molecule has 0 bridgehead atoms. The topological polar surface area (TPSA) is 23.5 Å². The van der Waals surface area contributed by atoms with Gasteiger partial charge in [-0.25, -0.2) is 0 Å². The zero-order chi connectivity index (χ0) is 11.7. The Morgan fingerprint density at radius 2 is 2.19 bits per heavy atom. The Bertz CT molecular complexity index is 376. The molecule has 2 nitrogen and oxygen atoms in total. The highest BCUT2D eigenvalue weighted by Gasteiger charge is 2.31. The van der Waals surface area contributed by atoms with Crippen LogP contribution in [0.5, 0.6) is 0 Å². The predicted octanol–water partition coefficient (Wildman–Crippen LogP) is 3.18. The summed E-state index contributed by atoms with van der Waals surface area (Å²) < 4.78 is 1.02. The highest BCUT2D eigenvalue weighted by atomic mass is 79.9. The minimum absolute atomic E-state index is 0.0938. The van der Waals surface area contributed by atoms with Gasteiger partial charge in [0, 0.05) is 28.8 Å². The molecular formula is C13H18BrNO. The summed E-state index contributed by atoms with van der Waals surface area (Å²) in [4.78, 5) is 2.29. The Hall–Kier alpha value is -0.540. The first kappa shape index (κ1) is 11.9. The molecule has 2 rings (SSSR count). The second-order valence-electron chi connectivity index (χ2n) is 4.62. The van der Waals surface area contributed by atoms with E-state index in [2.05, 4.69) is 40.9 Å². The Kier molecular flexibility index (Phi) is 3.55. The second kappa shape index (κ2) is 4.76. The summed E-state index contributed by atoms with van der Waals surface area (Å²) in [5, 5.41) is 9.38. The molecule has 0 heterocycles. The van der Waals surface area contributed by atoms with Crippen LogP contribution in [0.25, 0.3) is 0 Å². The molecule has 1 aromatic rings. The first-order chi connectivity index (χ1) is 7.63. The van der Waals surface area contributed by atoms with Crippen molar-refractivity contribution in [3.05, 3.63) is 28.2 Å². The van der Waals surface area contributed by atoms with Gasteiger partial charge in [-0.1, -0.05) is 15.9 Å². The van der Waals surface area contributed by atoms with E-state index in [1.165, 1.54) is 12.8 Å². The lowest BCUT2D eigenvalue weighted by Gasteiger charge is -2.29. The van der Waals surface area contributed by atoms with Crippen molar-refractivity contribution in [2.45, 2.75) is 32.4 Å². The first-order valence-corrected chi connectivity index (χ1v) is 6.55. The lowest BCUT2D eigenvalue weighted by Crippen LogP contribution is -2.31. The van der Waals surface area contributed by atoms with Crippen molar-refractivity contribution < 1.29 is 5.11 Å². The van der Waals surface area contributed by atoms with Gasteiger partial charge in [-0.15, -0.1) is 0 Å². The highest BCUT2D eigenvalue weighted by Crippen LogP contribution is 2.37. The fraction of sp³-hybridized carbons (Fsp3) is 0.538. The molecule has 0 radical (unpaired) electrons. The maximum atomic E-state index is 9.38. The van der Waals surface area contributed by atoms with Gasteiger partial charge in [-0.2, -0.15) is 0 Å². The Morgan fingerprint density at radius 1 is 1.50 bits per heavy atom. The molecular weight excluding hydrogens is 266 g/mol. The quantitative estimate of drug-likeness (QED) is 0.918. The molecule has 0 spiro atoms. The molecule has 1 N–H and O–H groups in total. The van der Waals surface area contributed by atoms with Gasteiger partial charge in [-0.05, 0) is 43.9 Å².